The predicted octanol–water partition coefficient (Wildman–Crippen LogP) is 4.11. The highest BCUT2D eigenvalue weighted by atomic mass is 32.2. The van der Waals surface area contributed by atoms with Crippen LogP contribution >= 0.6 is 11.8 Å². The van der Waals surface area contributed by atoms with Gasteiger partial charge in [-0.25, -0.2) is 0 Å². The largest absolute Gasteiger partial charge is 0.508 e. The Balaban J connectivity index is 2.24. The molecular weight excluding hydrogens is 228 g/mol. The van der Waals surface area contributed by atoms with Crippen molar-refractivity contribution in [3.05, 3.63) is 53.1 Å². The number of hydrogen-bond donors (Lipinski definition) is 1. The second-order valence-electron chi connectivity index (χ2n) is 4.49. The van der Waals surface area contributed by atoms with Crippen LogP contribution in [0.25, 0.3) is 11.1 Å². The van der Waals surface area contributed by atoms with Crippen molar-refractivity contribution in [2.75, 3.05) is 0 Å². The van der Waals surface area contributed by atoms with Crippen LogP contribution in [-0.2, 0) is 11.5 Å². The van der Waals surface area contributed by atoms with Gasteiger partial charge in [0.05, 0.1) is 0 Å². The third-order valence-corrected chi connectivity index (χ3v) is 4.19. The number of fused-ring (bicyclic) bond motifs is 3. The van der Waals surface area contributed by atoms with Gasteiger partial charge in [-0.05, 0) is 41.3 Å². The summed E-state index contributed by atoms with van der Waals surface area (Å²) in [7, 11) is 0. The molecule has 3 rings (SSSR count). The van der Waals surface area contributed by atoms with Crippen LogP contribution in [0.5, 0.6) is 5.75 Å². The lowest BCUT2D eigenvalue weighted by molar-refractivity contribution is 0.475. The second-order valence-corrected chi connectivity index (χ2v) is 5.48. The summed E-state index contributed by atoms with van der Waals surface area (Å²) in [6, 6.07) is 12.3. The molecule has 0 aromatic heterocycles. The van der Waals surface area contributed by atoms with Crippen molar-refractivity contribution in [2.24, 2.45) is 0 Å². The Kier molecular flexibility index (Phi) is 2.60. The fourth-order valence-corrected chi connectivity index (χ4v) is 3.36. The molecule has 1 aliphatic heterocycles. The molecule has 2 heteroatoms. The molecule has 86 valence electrons. The Morgan fingerprint density at radius 2 is 1.59 bits per heavy atom. The number of aryl methyl sites for hydroxylation is 1. The topological polar surface area (TPSA) is 20.2 Å². The molecule has 0 fully saturated rings. The first-order chi connectivity index (χ1) is 8.24. The number of phenols is 1. The average Bonchev–Trinajstić information content (AvgIpc) is 2.47. The van der Waals surface area contributed by atoms with Crippen LogP contribution in [0.3, 0.4) is 0 Å². The molecule has 0 amide bonds. The normalized spacial score (nSPS) is 13.7. The van der Waals surface area contributed by atoms with Crippen molar-refractivity contribution in [1.82, 2.24) is 0 Å². The lowest BCUT2D eigenvalue weighted by Crippen LogP contribution is -1.88. The molecule has 1 nitrogen and oxygen atoms in total. The fourth-order valence-electron chi connectivity index (χ4n) is 2.34. The molecule has 0 bridgehead atoms. The summed E-state index contributed by atoms with van der Waals surface area (Å²) in [5, 5.41) is 9.56. The summed E-state index contributed by atoms with van der Waals surface area (Å²) in [6.45, 7) is 2.13. The maximum absolute atomic E-state index is 9.56. The maximum Gasteiger partial charge on any atom is 0.115 e. The van der Waals surface area contributed by atoms with E-state index in [1.165, 1.54) is 27.8 Å². The average molecular weight is 242 g/mol. The third kappa shape index (κ3) is 1.93. The molecule has 2 aromatic carbocycles. The van der Waals surface area contributed by atoms with Gasteiger partial charge < -0.3 is 5.11 Å². The zero-order valence-corrected chi connectivity index (χ0v) is 10.6. The highest BCUT2D eigenvalue weighted by Crippen LogP contribution is 2.37. The summed E-state index contributed by atoms with van der Waals surface area (Å²) in [6.07, 6.45) is 0. The smallest absolute Gasteiger partial charge is 0.115 e. The molecule has 0 saturated carbocycles. The van der Waals surface area contributed by atoms with Crippen molar-refractivity contribution >= 4 is 11.8 Å². The summed E-state index contributed by atoms with van der Waals surface area (Å²) < 4.78 is 0. The van der Waals surface area contributed by atoms with E-state index in [9.17, 15) is 5.11 Å². The van der Waals surface area contributed by atoms with Gasteiger partial charge in [0, 0.05) is 11.5 Å². The van der Waals surface area contributed by atoms with Crippen LogP contribution in [-0.4, -0.2) is 5.11 Å². The standard InChI is InChI=1S/C15H14OS/c1-10-2-4-14-11(6-10)8-17-9-12-7-13(16)3-5-15(12)14/h2-7,16H,8-9H2,1H3. The number of hydrogen-bond acceptors (Lipinski definition) is 2. The predicted molar refractivity (Wildman–Crippen MR) is 73.3 cm³/mol. The van der Waals surface area contributed by atoms with Gasteiger partial charge in [-0.2, -0.15) is 11.8 Å². The molecule has 0 saturated heterocycles. The number of benzene rings is 2. The van der Waals surface area contributed by atoms with Crippen LogP contribution < -0.4 is 0 Å². The summed E-state index contributed by atoms with van der Waals surface area (Å²) in [4.78, 5) is 0. The van der Waals surface area contributed by atoms with Gasteiger partial charge in [-0.15, -0.1) is 0 Å². The highest BCUT2D eigenvalue weighted by molar-refractivity contribution is 7.97. The van der Waals surface area contributed by atoms with Crippen LogP contribution in [0, 0.1) is 6.92 Å². The van der Waals surface area contributed by atoms with Crippen molar-refractivity contribution in [2.45, 2.75) is 18.4 Å². The van der Waals surface area contributed by atoms with Crippen molar-refractivity contribution in [3.63, 3.8) is 0 Å². The molecule has 1 aliphatic rings. The van der Waals surface area contributed by atoms with Gasteiger partial charge >= 0.3 is 0 Å². The van der Waals surface area contributed by atoms with Gasteiger partial charge in [0.15, 0.2) is 0 Å². The quantitative estimate of drug-likeness (QED) is 0.750. The lowest BCUT2D eigenvalue weighted by atomic mass is 9.95. The minimum Gasteiger partial charge on any atom is -0.508 e. The van der Waals surface area contributed by atoms with Crippen LogP contribution in [0.4, 0.5) is 0 Å². The monoisotopic (exact) mass is 242 g/mol. The number of phenolic OH excluding ortho intramolecular Hbond substituents is 1. The molecule has 0 aliphatic carbocycles. The van der Waals surface area contributed by atoms with Crippen LogP contribution in [0.15, 0.2) is 36.4 Å². The molecule has 0 radical (unpaired) electrons. The fraction of sp³-hybridized carbons (Fsp3) is 0.200. The van der Waals surface area contributed by atoms with E-state index in [0.717, 1.165) is 11.5 Å². The third-order valence-electron chi connectivity index (χ3n) is 3.15. The van der Waals surface area contributed by atoms with E-state index in [-0.39, 0.29) is 0 Å². The highest BCUT2D eigenvalue weighted by Gasteiger charge is 2.14. The molecule has 2 aromatic rings. The van der Waals surface area contributed by atoms with Crippen LogP contribution in [0.1, 0.15) is 16.7 Å². The van der Waals surface area contributed by atoms with Gasteiger partial charge in [0.2, 0.25) is 0 Å². The molecule has 1 N–H and O–H groups in total. The van der Waals surface area contributed by atoms with Crippen LogP contribution in [0.2, 0.25) is 0 Å². The van der Waals surface area contributed by atoms with E-state index in [2.05, 4.69) is 25.1 Å². The minimum absolute atomic E-state index is 0.361. The Bertz CT molecular complexity index is 524. The Hall–Kier alpha value is -1.41. The van der Waals surface area contributed by atoms with E-state index in [0.29, 0.717) is 5.75 Å². The summed E-state index contributed by atoms with van der Waals surface area (Å²) in [5.74, 6) is 2.38. The first kappa shape index (κ1) is 10.7. The molecule has 0 atom stereocenters. The van der Waals surface area contributed by atoms with Gasteiger partial charge in [0.1, 0.15) is 5.75 Å². The summed E-state index contributed by atoms with van der Waals surface area (Å²) >= 11 is 1.91. The first-order valence-corrected chi connectivity index (χ1v) is 6.89. The van der Waals surface area contributed by atoms with Crippen molar-refractivity contribution < 1.29 is 5.11 Å². The SMILES string of the molecule is Cc1ccc2c(c1)CSCc1cc(O)ccc1-2. The molecule has 1 heterocycles. The number of aromatic hydroxyl groups is 1. The molecule has 0 spiro atoms. The number of rotatable bonds is 0. The van der Waals surface area contributed by atoms with Gasteiger partial charge in [-0.1, -0.05) is 29.8 Å². The summed E-state index contributed by atoms with van der Waals surface area (Å²) in [5.41, 5.74) is 6.53. The zero-order chi connectivity index (χ0) is 11.8. The van der Waals surface area contributed by atoms with E-state index in [1.807, 2.05) is 23.9 Å². The van der Waals surface area contributed by atoms with E-state index >= 15 is 0 Å². The van der Waals surface area contributed by atoms with Crippen molar-refractivity contribution in [3.8, 4) is 16.9 Å². The Morgan fingerprint density at radius 1 is 0.941 bits per heavy atom. The van der Waals surface area contributed by atoms with Gasteiger partial charge in [0.25, 0.3) is 0 Å². The second kappa shape index (κ2) is 4.11. The molecule has 17 heavy (non-hydrogen) atoms. The van der Waals surface area contributed by atoms with E-state index in [4.69, 9.17) is 0 Å². The minimum atomic E-state index is 0.361. The van der Waals surface area contributed by atoms with E-state index < -0.39 is 0 Å². The zero-order valence-electron chi connectivity index (χ0n) is 9.73. The Labute approximate surface area is 105 Å². The molecular formula is C15H14OS. The first-order valence-electron chi connectivity index (χ1n) is 5.73. The maximum atomic E-state index is 9.56. The van der Waals surface area contributed by atoms with Crippen molar-refractivity contribution in [1.29, 1.82) is 0 Å². The lowest BCUT2D eigenvalue weighted by Gasteiger charge is -2.09. The Morgan fingerprint density at radius 3 is 2.35 bits per heavy atom. The van der Waals surface area contributed by atoms with Gasteiger partial charge in [-0.3, -0.25) is 0 Å². The molecule has 0 unspecified atom stereocenters. The van der Waals surface area contributed by atoms with E-state index in [1.54, 1.807) is 6.07 Å². The number of thioether (sulfide) groups is 1.